The summed E-state index contributed by atoms with van der Waals surface area (Å²) in [6, 6.07) is 10.7. The molecule has 5 N–H and O–H groups in total. The number of methoxy groups -OCH3 is 1. The van der Waals surface area contributed by atoms with Crippen LogP contribution in [0.1, 0.15) is 10.4 Å². The summed E-state index contributed by atoms with van der Waals surface area (Å²) in [5, 5.41) is 0. The fraction of sp³-hybridized carbons (Fsp3) is 0.0625. The average Bonchev–Trinajstić information content (AvgIpc) is 3.00. The minimum absolute atomic E-state index is 0.150. The fourth-order valence-electron chi connectivity index (χ4n) is 2.37. The first-order chi connectivity index (χ1) is 11.1. The van der Waals surface area contributed by atoms with Crippen LogP contribution in [0.5, 0.6) is 5.75 Å². The first-order valence-corrected chi connectivity index (χ1v) is 6.85. The van der Waals surface area contributed by atoms with E-state index in [9.17, 15) is 4.79 Å². The van der Waals surface area contributed by atoms with Crippen LogP contribution in [0.2, 0.25) is 0 Å². The fourth-order valence-corrected chi connectivity index (χ4v) is 2.37. The van der Waals surface area contributed by atoms with Gasteiger partial charge in [-0.2, -0.15) is 0 Å². The van der Waals surface area contributed by atoms with Gasteiger partial charge in [0.2, 0.25) is 5.95 Å². The predicted octanol–water partition coefficient (Wildman–Crippen LogP) is 1.83. The normalized spacial score (nSPS) is 10.5. The molecule has 0 bridgehead atoms. The standard InChI is InChI=1S/C16H15N5O2/c1-23-13-5-3-2-4-9(13)14-10(15(17)22)8-12(20-14)11-6-7-19-16(18)21-11/h2-8,20H,1H3,(H2,17,22)(H2,18,19,21). The van der Waals surface area contributed by atoms with E-state index in [1.807, 2.05) is 24.3 Å². The summed E-state index contributed by atoms with van der Waals surface area (Å²) in [6.45, 7) is 0. The molecule has 23 heavy (non-hydrogen) atoms. The van der Waals surface area contributed by atoms with Crippen LogP contribution in [0.25, 0.3) is 22.6 Å². The number of nitrogens with two attached hydrogens (primary N) is 2. The van der Waals surface area contributed by atoms with E-state index in [4.69, 9.17) is 16.2 Å². The number of ether oxygens (including phenoxy) is 1. The molecule has 0 aliphatic carbocycles. The maximum Gasteiger partial charge on any atom is 0.250 e. The topological polar surface area (TPSA) is 120 Å². The molecular weight excluding hydrogens is 294 g/mol. The molecule has 1 aromatic carbocycles. The van der Waals surface area contributed by atoms with Gasteiger partial charge in [-0.25, -0.2) is 9.97 Å². The number of hydrogen-bond donors (Lipinski definition) is 3. The minimum atomic E-state index is -0.546. The van der Waals surface area contributed by atoms with E-state index in [1.165, 1.54) is 0 Å². The summed E-state index contributed by atoms with van der Waals surface area (Å²) >= 11 is 0. The van der Waals surface area contributed by atoms with Crippen molar-refractivity contribution in [2.24, 2.45) is 5.73 Å². The number of hydrogen-bond acceptors (Lipinski definition) is 5. The third-order valence-corrected chi connectivity index (χ3v) is 3.41. The monoisotopic (exact) mass is 309 g/mol. The second-order valence-corrected chi connectivity index (χ2v) is 4.84. The molecule has 7 nitrogen and oxygen atoms in total. The largest absolute Gasteiger partial charge is 0.496 e. The van der Waals surface area contributed by atoms with Crippen molar-refractivity contribution in [1.82, 2.24) is 15.0 Å². The lowest BCUT2D eigenvalue weighted by molar-refractivity contribution is 0.100. The predicted molar refractivity (Wildman–Crippen MR) is 86.7 cm³/mol. The molecule has 0 atom stereocenters. The zero-order valence-corrected chi connectivity index (χ0v) is 12.4. The molecule has 0 saturated carbocycles. The van der Waals surface area contributed by atoms with Crippen LogP contribution in [-0.4, -0.2) is 28.0 Å². The Hall–Kier alpha value is -3.35. The average molecular weight is 309 g/mol. The van der Waals surface area contributed by atoms with Crippen molar-refractivity contribution < 1.29 is 9.53 Å². The van der Waals surface area contributed by atoms with Crippen LogP contribution in [0.15, 0.2) is 42.6 Å². The van der Waals surface area contributed by atoms with Crippen molar-refractivity contribution in [3.05, 3.63) is 48.2 Å². The van der Waals surface area contributed by atoms with E-state index in [-0.39, 0.29) is 5.95 Å². The number of H-pyrrole nitrogens is 1. The molecule has 3 aromatic rings. The summed E-state index contributed by atoms with van der Waals surface area (Å²) < 4.78 is 5.35. The number of aromatic amines is 1. The van der Waals surface area contributed by atoms with E-state index < -0.39 is 5.91 Å². The smallest absolute Gasteiger partial charge is 0.250 e. The molecule has 116 valence electrons. The molecule has 2 aromatic heterocycles. The SMILES string of the molecule is COc1ccccc1-c1[nH]c(-c2ccnc(N)n2)cc1C(N)=O. The molecule has 0 saturated heterocycles. The lowest BCUT2D eigenvalue weighted by atomic mass is 10.1. The van der Waals surface area contributed by atoms with Gasteiger partial charge in [-0.1, -0.05) is 12.1 Å². The number of para-hydroxylation sites is 1. The number of carbonyl (C=O) groups is 1. The molecule has 1 amide bonds. The number of primary amides is 1. The number of nitrogens with one attached hydrogen (secondary N) is 1. The number of benzene rings is 1. The number of rotatable bonds is 4. The van der Waals surface area contributed by atoms with Gasteiger partial charge in [-0.05, 0) is 24.3 Å². The van der Waals surface area contributed by atoms with E-state index >= 15 is 0 Å². The van der Waals surface area contributed by atoms with E-state index in [1.54, 1.807) is 25.4 Å². The minimum Gasteiger partial charge on any atom is -0.496 e. The second-order valence-electron chi connectivity index (χ2n) is 4.84. The van der Waals surface area contributed by atoms with Gasteiger partial charge in [0.05, 0.1) is 29.8 Å². The Morgan fingerprint density at radius 3 is 2.74 bits per heavy atom. The number of carbonyl (C=O) groups excluding carboxylic acids is 1. The van der Waals surface area contributed by atoms with Crippen LogP contribution < -0.4 is 16.2 Å². The lowest BCUT2D eigenvalue weighted by Crippen LogP contribution is -2.11. The molecular formula is C16H15N5O2. The Bertz CT molecular complexity index is 872. The Balaban J connectivity index is 2.19. The van der Waals surface area contributed by atoms with Gasteiger partial charge in [0.25, 0.3) is 5.91 Å². The van der Waals surface area contributed by atoms with Crippen molar-refractivity contribution in [2.45, 2.75) is 0 Å². The van der Waals surface area contributed by atoms with Gasteiger partial charge < -0.3 is 21.2 Å². The van der Waals surface area contributed by atoms with Crippen LogP contribution in [0.4, 0.5) is 5.95 Å². The van der Waals surface area contributed by atoms with Crippen LogP contribution in [0, 0.1) is 0 Å². The molecule has 0 radical (unpaired) electrons. The van der Waals surface area contributed by atoms with Gasteiger partial charge in [0, 0.05) is 11.8 Å². The zero-order chi connectivity index (χ0) is 16.4. The highest BCUT2D eigenvalue weighted by molar-refractivity contribution is 6.01. The summed E-state index contributed by atoms with van der Waals surface area (Å²) in [7, 11) is 1.57. The molecule has 0 fully saturated rings. The number of nitrogens with zero attached hydrogens (tertiary/aromatic N) is 2. The maximum absolute atomic E-state index is 11.8. The highest BCUT2D eigenvalue weighted by atomic mass is 16.5. The van der Waals surface area contributed by atoms with Crippen molar-refractivity contribution in [3.8, 4) is 28.4 Å². The maximum atomic E-state index is 11.8. The third-order valence-electron chi connectivity index (χ3n) is 3.41. The van der Waals surface area contributed by atoms with Crippen molar-refractivity contribution in [3.63, 3.8) is 0 Å². The van der Waals surface area contributed by atoms with E-state index in [2.05, 4.69) is 15.0 Å². The molecule has 0 aliphatic heterocycles. The molecule has 2 heterocycles. The molecule has 3 rings (SSSR count). The van der Waals surface area contributed by atoms with Gasteiger partial charge >= 0.3 is 0 Å². The molecule has 0 spiro atoms. The Morgan fingerprint density at radius 1 is 1.26 bits per heavy atom. The quantitative estimate of drug-likeness (QED) is 0.679. The first-order valence-electron chi connectivity index (χ1n) is 6.85. The number of aromatic nitrogens is 3. The van der Waals surface area contributed by atoms with Crippen LogP contribution >= 0.6 is 0 Å². The molecule has 0 unspecified atom stereocenters. The van der Waals surface area contributed by atoms with Gasteiger partial charge in [0.15, 0.2) is 0 Å². The lowest BCUT2D eigenvalue weighted by Gasteiger charge is -2.08. The second kappa shape index (κ2) is 5.80. The Kier molecular flexibility index (Phi) is 3.68. The van der Waals surface area contributed by atoms with Crippen LogP contribution in [0.3, 0.4) is 0 Å². The van der Waals surface area contributed by atoms with Gasteiger partial charge in [-0.3, -0.25) is 4.79 Å². The summed E-state index contributed by atoms with van der Waals surface area (Å²) in [6.07, 6.45) is 1.55. The molecule has 0 aliphatic rings. The highest BCUT2D eigenvalue weighted by Crippen LogP contribution is 2.33. The number of anilines is 1. The summed E-state index contributed by atoms with van der Waals surface area (Å²) in [5.74, 6) is 0.234. The Labute approximate surface area is 132 Å². The van der Waals surface area contributed by atoms with E-state index in [0.29, 0.717) is 28.4 Å². The van der Waals surface area contributed by atoms with Crippen molar-refractivity contribution in [1.29, 1.82) is 0 Å². The first kappa shape index (κ1) is 14.6. The number of amides is 1. The molecule has 7 heteroatoms. The highest BCUT2D eigenvalue weighted by Gasteiger charge is 2.18. The van der Waals surface area contributed by atoms with Crippen LogP contribution in [-0.2, 0) is 0 Å². The van der Waals surface area contributed by atoms with Crippen molar-refractivity contribution in [2.75, 3.05) is 12.8 Å². The number of nitrogen functional groups attached to an aromatic ring is 1. The zero-order valence-electron chi connectivity index (χ0n) is 12.4. The third kappa shape index (κ3) is 2.71. The van der Waals surface area contributed by atoms with Gasteiger partial charge in [0.1, 0.15) is 5.75 Å². The summed E-state index contributed by atoms with van der Waals surface area (Å²) in [5.41, 5.74) is 14.0. The van der Waals surface area contributed by atoms with Crippen molar-refractivity contribution >= 4 is 11.9 Å². The van der Waals surface area contributed by atoms with E-state index in [0.717, 1.165) is 5.56 Å². The summed E-state index contributed by atoms with van der Waals surface area (Å²) in [4.78, 5) is 23.0. The Morgan fingerprint density at radius 2 is 2.04 bits per heavy atom. The van der Waals surface area contributed by atoms with Gasteiger partial charge in [-0.15, -0.1) is 0 Å².